The number of benzene rings is 1. The predicted molar refractivity (Wildman–Crippen MR) is 91.4 cm³/mol. The molecule has 0 fully saturated rings. The predicted octanol–water partition coefficient (Wildman–Crippen LogP) is 4.14. The first-order chi connectivity index (χ1) is 10.6. The van der Waals surface area contributed by atoms with Gasteiger partial charge in [-0.15, -0.1) is 0 Å². The molecule has 0 spiro atoms. The number of aryl methyl sites for hydroxylation is 2. The van der Waals surface area contributed by atoms with Crippen molar-refractivity contribution < 1.29 is 14.7 Å². The summed E-state index contributed by atoms with van der Waals surface area (Å²) < 4.78 is 0. The summed E-state index contributed by atoms with van der Waals surface area (Å²) in [5.74, 6) is -0.547. The fourth-order valence-electron chi connectivity index (χ4n) is 2.56. The number of carboxylic acid groups (broad SMARTS) is 1. The van der Waals surface area contributed by atoms with Crippen LogP contribution in [0.25, 0.3) is 0 Å². The lowest BCUT2D eigenvalue weighted by atomic mass is 9.84. The van der Waals surface area contributed by atoms with Crippen molar-refractivity contribution in [2.24, 2.45) is 5.41 Å². The quantitative estimate of drug-likeness (QED) is 0.800. The van der Waals surface area contributed by atoms with Crippen molar-refractivity contribution in [2.45, 2.75) is 60.4 Å². The molecule has 23 heavy (non-hydrogen) atoms. The molecule has 2 amide bonds. The van der Waals surface area contributed by atoms with Gasteiger partial charge in [-0.05, 0) is 37.8 Å². The maximum Gasteiger partial charge on any atom is 0.429 e. The lowest BCUT2D eigenvalue weighted by Crippen LogP contribution is -2.54. The highest BCUT2D eigenvalue weighted by molar-refractivity contribution is 6.02. The van der Waals surface area contributed by atoms with Crippen LogP contribution in [0.3, 0.4) is 0 Å². The number of hydrogen-bond acceptors (Lipinski definition) is 3. The van der Waals surface area contributed by atoms with Gasteiger partial charge in [-0.3, -0.25) is 4.79 Å². The van der Waals surface area contributed by atoms with E-state index in [1.165, 1.54) is 0 Å². The van der Waals surface area contributed by atoms with Crippen molar-refractivity contribution in [1.82, 2.24) is 10.4 Å². The number of nitrogens with zero attached hydrogens (tertiary/aromatic N) is 1. The summed E-state index contributed by atoms with van der Waals surface area (Å²) in [6.07, 6.45) is 0.396. The summed E-state index contributed by atoms with van der Waals surface area (Å²) in [4.78, 5) is 24.2. The van der Waals surface area contributed by atoms with Gasteiger partial charge in [0.1, 0.15) is 0 Å². The van der Waals surface area contributed by atoms with Gasteiger partial charge in [0.25, 0.3) is 5.91 Å². The van der Waals surface area contributed by atoms with E-state index in [0.717, 1.165) is 29.0 Å². The minimum absolute atomic E-state index is 0.113. The van der Waals surface area contributed by atoms with Crippen LogP contribution in [0.5, 0.6) is 0 Å². The molecule has 0 aliphatic carbocycles. The summed E-state index contributed by atoms with van der Waals surface area (Å²) in [6.45, 7) is 11.9. The summed E-state index contributed by atoms with van der Waals surface area (Å²) in [5.41, 5.74) is 4.99. The Morgan fingerprint density at radius 2 is 1.70 bits per heavy atom. The zero-order valence-corrected chi connectivity index (χ0v) is 14.9. The van der Waals surface area contributed by atoms with Gasteiger partial charge in [0.15, 0.2) is 0 Å². The third-order valence-corrected chi connectivity index (χ3v) is 3.77. The monoisotopic (exact) mass is 320 g/mol. The number of carbonyl (C=O) groups is 2. The average molecular weight is 320 g/mol. The van der Waals surface area contributed by atoms with Crippen LogP contribution in [-0.2, 0) is 0 Å². The molecular weight excluding hydrogens is 292 g/mol. The van der Waals surface area contributed by atoms with Crippen molar-refractivity contribution in [3.63, 3.8) is 0 Å². The van der Waals surface area contributed by atoms with E-state index in [1.54, 1.807) is 12.1 Å². The highest BCUT2D eigenvalue weighted by Gasteiger charge is 2.31. The van der Waals surface area contributed by atoms with Crippen LogP contribution in [0, 0.1) is 19.3 Å². The maximum absolute atomic E-state index is 12.6. The van der Waals surface area contributed by atoms with Crippen molar-refractivity contribution in [2.75, 3.05) is 0 Å². The van der Waals surface area contributed by atoms with Gasteiger partial charge in [-0.25, -0.2) is 10.2 Å². The Labute approximate surface area is 138 Å². The number of nitrogens with one attached hydrogen (secondary N) is 1. The van der Waals surface area contributed by atoms with Crippen LogP contribution >= 0.6 is 0 Å². The summed E-state index contributed by atoms with van der Waals surface area (Å²) >= 11 is 0. The Morgan fingerprint density at radius 1 is 1.17 bits per heavy atom. The molecule has 2 N–H and O–H groups in total. The van der Waals surface area contributed by atoms with Crippen molar-refractivity contribution in [1.29, 1.82) is 0 Å². The molecule has 128 valence electrons. The first-order valence-corrected chi connectivity index (χ1v) is 7.98. The molecule has 1 aromatic carbocycles. The van der Waals surface area contributed by atoms with Gasteiger partial charge in [0.05, 0.1) is 0 Å². The number of carbonyl (C=O) groups excluding carboxylic acids is 1. The second-order valence-electron chi connectivity index (χ2n) is 7.14. The molecular formula is C18H28N2O3. The van der Waals surface area contributed by atoms with E-state index in [-0.39, 0.29) is 11.5 Å². The van der Waals surface area contributed by atoms with Crippen molar-refractivity contribution in [3.8, 4) is 0 Å². The molecule has 0 radical (unpaired) electrons. The normalized spacial score (nSPS) is 12.8. The number of hydrazine groups is 1. The second-order valence-corrected chi connectivity index (χ2v) is 7.14. The fraction of sp³-hybridized carbons (Fsp3) is 0.556. The highest BCUT2D eigenvalue weighted by atomic mass is 16.4. The molecule has 0 saturated heterocycles. The van der Waals surface area contributed by atoms with Crippen molar-refractivity contribution in [3.05, 3.63) is 34.9 Å². The van der Waals surface area contributed by atoms with Crippen LogP contribution in [0.2, 0.25) is 0 Å². The topological polar surface area (TPSA) is 69.6 Å². The van der Waals surface area contributed by atoms with Gasteiger partial charge in [0.2, 0.25) is 0 Å². The second kappa shape index (κ2) is 7.59. The maximum atomic E-state index is 12.6. The van der Waals surface area contributed by atoms with Crippen molar-refractivity contribution >= 4 is 12.0 Å². The zero-order chi connectivity index (χ0) is 17.8. The molecule has 0 heterocycles. The average Bonchev–Trinajstić information content (AvgIpc) is 2.39. The van der Waals surface area contributed by atoms with Gasteiger partial charge in [-0.1, -0.05) is 51.3 Å². The summed E-state index contributed by atoms with van der Waals surface area (Å²) in [7, 11) is 0. The van der Waals surface area contributed by atoms with E-state index in [9.17, 15) is 14.7 Å². The molecule has 0 saturated carbocycles. The molecule has 1 unspecified atom stereocenters. The standard InChI is InChI=1S/C18H28N2O3/c1-7-8-15(18(4,5)6)19-20(17(22)23)16(21)14-10-12(2)9-13(3)11-14/h9-11,15,19H,7-8H2,1-6H3,(H,22,23). The van der Waals surface area contributed by atoms with Gasteiger partial charge >= 0.3 is 6.09 Å². The lowest BCUT2D eigenvalue weighted by molar-refractivity contribution is 0.0526. The number of rotatable bonds is 5. The zero-order valence-electron chi connectivity index (χ0n) is 14.9. The Morgan fingerprint density at radius 3 is 2.09 bits per heavy atom. The van der Waals surface area contributed by atoms with Crippen LogP contribution in [-0.4, -0.2) is 28.2 Å². The molecule has 5 nitrogen and oxygen atoms in total. The van der Waals surface area contributed by atoms with E-state index in [4.69, 9.17) is 0 Å². The SMILES string of the molecule is CCCC(NN(C(=O)O)C(=O)c1cc(C)cc(C)c1)C(C)(C)C. The fourth-order valence-corrected chi connectivity index (χ4v) is 2.56. The minimum Gasteiger partial charge on any atom is -0.464 e. The molecule has 5 heteroatoms. The molecule has 0 aliphatic heterocycles. The summed E-state index contributed by atoms with van der Waals surface area (Å²) in [5, 5.41) is 10.2. The number of hydrogen-bond donors (Lipinski definition) is 2. The van der Waals surface area contributed by atoms with Crippen LogP contribution in [0.15, 0.2) is 18.2 Å². The molecule has 0 aliphatic rings. The van der Waals surface area contributed by atoms with E-state index < -0.39 is 12.0 Å². The van der Waals surface area contributed by atoms with Gasteiger partial charge < -0.3 is 5.11 Å². The minimum atomic E-state index is -1.29. The first kappa shape index (κ1) is 19.2. The lowest BCUT2D eigenvalue weighted by Gasteiger charge is -2.34. The Balaban J connectivity index is 3.10. The molecule has 1 rings (SSSR count). The molecule has 0 aromatic heterocycles. The Kier molecular flexibility index (Phi) is 6.33. The van der Waals surface area contributed by atoms with E-state index in [1.807, 2.05) is 47.6 Å². The van der Waals surface area contributed by atoms with E-state index in [0.29, 0.717) is 5.56 Å². The highest BCUT2D eigenvalue weighted by Crippen LogP contribution is 2.23. The van der Waals surface area contributed by atoms with Crippen LogP contribution in [0.1, 0.15) is 62.0 Å². The van der Waals surface area contributed by atoms with Crippen LogP contribution in [0.4, 0.5) is 4.79 Å². The van der Waals surface area contributed by atoms with E-state index in [2.05, 4.69) is 5.43 Å². The largest absolute Gasteiger partial charge is 0.464 e. The Hall–Kier alpha value is -1.88. The Bertz CT molecular complexity index is 556. The smallest absolute Gasteiger partial charge is 0.429 e. The number of amides is 2. The van der Waals surface area contributed by atoms with Gasteiger partial charge in [-0.2, -0.15) is 5.01 Å². The third kappa shape index (κ3) is 5.36. The van der Waals surface area contributed by atoms with Crippen LogP contribution < -0.4 is 5.43 Å². The first-order valence-electron chi connectivity index (χ1n) is 7.98. The molecule has 1 atom stereocenters. The van der Waals surface area contributed by atoms with E-state index >= 15 is 0 Å². The van der Waals surface area contributed by atoms with Gasteiger partial charge in [0, 0.05) is 11.6 Å². The molecule has 1 aromatic rings. The summed E-state index contributed by atoms with van der Waals surface area (Å²) in [6, 6.07) is 5.25. The molecule has 0 bridgehead atoms. The third-order valence-electron chi connectivity index (χ3n) is 3.77. The number of imide groups is 1.